The molecule has 4 nitrogen and oxygen atoms in total. The van der Waals surface area contributed by atoms with E-state index in [-0.39, 0.29) is 11.3 Å². The minimum atomic E-state index is -1.87. The van der Waals surface area contributed by atoms with Crippen LogP contribution in [0.1, 0.15) is 46.6 Å². The van der Waals surface area contributed by atoms with Gasteiger partial charge in [-0.2, -0.15) is 12.6 Å². The highest BCUT2D eigenvalue weighted by Gasteiger charge is 2.51. The zero-order valence-electron chi connectivity index (χ0n) is 15.5. The van der Waals surface area contributed by atoms with E-state index in [1.807, 2.05) is 0 Å². The lowest BCUT2D eigenvalue weighted by atomic mass is 9.78. The number of alkyl halides is 2. The molecule has 1 fully saturated rings. The van der Waals surface area contributed by atoms with Crippen LogP contribution in [0.4, 0.5) is 23.7 Å². The summed E-state index contributed by atoms with van der Waals surface area (Å²) in [6.07, 6.45) is -2.82. The van der Waals surface area contributed by atoms with Crippen LogP contribution < -0.4 is 10.6 Å². The normalized spacial score (nSPS) is 32.2. The predicted molar refractivity (Wildman–Crippen MR) is 98.5 cm³/mol. The second-order valence-corrected chi connectivity index (χ2v) is 8.54. The number of hydrogen-bond donors (Lipinski definition) is 3. The Balaban J connectivity index is 2.31. The van der Waals surface area contributed by atoms with E-state index in [1.54, 1.807) is 20.8 Å². The summed E-state index contributed by atoms with van der Waals surface area (Å²) >= 11 is 4.14. The fraction of sp³-hybridized carbons (Fsp3) is 0.611. The number of piperidine rings is 1. The Morgan fingerprint density at radius 2 is 2.00 bits per heavy atom. The maximum atomic E-state index is 14.8. The zero-order chi connectivity index (χ0) is 19.9. The molecule has 0 bridgehead atoms. The standard InChI is InChI=1S/C18H25F3N2O2S/c1-16(2,3)25-15(24)22-10-6-7-12(19)11(8-10)18(5)13(20)9-17(4,21)14(26)23-18/h6-8,13-14,23,26H,9H2,1-5H3,(H,22,24)/t13-,14?,17+,18+/m0/s1. The minimum Gasteiger partial charge on any atom is -0.444 e. The number of halogens is 3. The Morgan fingerprint density at radius 1 is 1.38 bits per heavy atom. The molecule has 1 heterocycles. The van der Waals surface area contributed by atoms with Crippen molar-refractivity contribution in [2.45, 2.75) is 69.4 Å². The van der Waals surface area contributed by atoms with Crippen LogP contribution in [0.15, 0.2) is 18.2 Å². The van der Waals surface area contributed by atoms with Crippen LogP contribution in [0, 0.1) is 5.82 Å². The molecule has 1 saturated heterocycles. The Hall–Kier alpha value is -1.41. The first kappa shape index (κ1) is 20.9. The third-order valence-electron chi connectivity index (χ3n) is 4.38. The van der Waals surface area contributed by atoms with Crippen molar-refractivity contribution in [2.75, 3.05) is 5.32 Å². The van der Waals surface area contributed by atoms with Crippen molar-refractivity contribution in [1.82, 2.24) is 5.32 Å². The van der Waals surface area contributed by atoms with Gasteiger partial charge < -0.3 is 4.74 Å². The Morgan fingerprint density at radius 3 is 2.58 bits per heavy atom. The number of nitrogens with one attached hydrogen (secondary N) is 2. The summed E-state index contributed by atoms with van der Waals surface area (Å²) in [6, 6.07) is 3.79. The third-order valence-corrected chi connectivity index (χ3v) is 5.05. The number of rotatable bonds is 2. The molecule has 1 aromatic rings. The van der Waals surface area contributed by atoms with Crippen molar-refractivity contribution < 1.29 is 22.7 Å². The van der Waals surface area contributed by atoms with Crippen molar-refractivity contribution in [3.63, 3.8) is 0 Å². The molecule has 146 valence electrons. The molecule has 2 N–H and O–H groups in total. The molecule has 1 unspecified atom stereocenters. The monoisotopic (exact) mass is 390 g/mol. The summed E-state index contributed by atoms with van der Waals surface area (Å²) in [5, 5.41) is 4.26. The fourth-order valence-electron chi connectivity index (χ4n) is 2.86. The van der Waals surface area contributed by atoms with Gasteiger partial charge in [-0.15, -0.1) is 0 Å². The quantitative estimate of drug-likeness (QED) is 0.642. The van der Waals surface area contributed by atoms with Gasteiger partial charge in [0.05, 0.1) is 10.9 Å². The van der Waals surface area contributed by atoms with Crippen LogP contribution in [0.3, 0.4) is 0 Å². The van der Waals surface area contributed by atoms with Crippen LogP contribution in [0.2, 0.25) is 0 Å². The van der Waals surface area contributed by atoms with Gasteiger partial charge in [0.2, 0.25) is 0 Å². The smallest absolute Gasteiger partial charge is 0.412 e. The molecule has 2 rings (SSSR count). The van der Waals surface area contributed by atoms with Gasteiger partial charge in [-0.1, -0.05) is 0 Å². The van der Waals surface area contributed by atoms with E-state index in [4.69, 9.17) is 4.74 Å². The molecular weight excluding hydrogens is 365 g/mol. The van der Waals surface area contributed by atoms with Crippen LogP contribution >= 0.6 is 12.6 Å². The first-order chi connectivity index (χ1) is 11.7. The van der Waals surface area contributed by atoms with Gasteiger partial charge in [-0.3, -0.25) is 10.6 Å². The summed E-state index contributed by atoms with van der Waals surface area (Å²) in [7, 11) is 0. The molecular formula is C18H25F3N2O2S. The number of hydrogen-bond acceptors (Lipinski definition) is 4. The van der Waals surface area contributed by atoms with E-state index >= 15 is 0 Å². The first-order valence-electron chi connectivity index (χ1n) is 8.33. The van der Waals surface area contributed by atoms with Crippen LogP contribution in [0.25, 0.3) is 0 Å². The largest absolute Gasteiger partial charge is 0.444 e. The van der Waals surface area contributed by atoms with E-state index in [0.29, 0.717) is 0 Å². The van der Waals surface area contributed by atoms with Crippen molar-refractivity contribution >= 4 is 24.4 Å². The molecule has 8 heteroatoms. The molecule has 0 radical (unpaired) electrons. The van der Waals surface area contributed by atoms with Crippen molar-refractivity contribution in [3.8, 4) is 0 Å². The first-order valence-corrected chi connectivity index (χ1v) is 8.85. The van der Waals surface area contributed by atoms with E-state index in [0.717, 1.165) is 6.07 Å². The lowest BCUT2D eigenvalue weighted by Crippen LogP contribution is -2.62. The number of amides is 1. The SMILES string of the molecule is CC(C)(C)OC(=O)Nc1ccc(F)c([C@@]2(C)NC(S)[C@](C)(F)C[C@@H]2F)c1. The van der Waals surface area contributed by atoms with Gasteiger partial charge in [0.25, 0.3) is 0 Å². The fourth-order valence-corrected chi connectivity index (χ4v) is 3.23. The number of thiol groups is 1. The molecule has 4 atom stereocenters. The van der Waals surface area contributed by atoms with Crippen LogP contribution in [-0.4, -0.2) is 28.9 Å². The van der Waals surface area contributed by atoms with E-state index in [1.165, 1.54) is 26.0 Å². The number of carbonyl (C=O) groups excluding carboxylic acids is 1. The summed E-state index contributed by atoms with van der Waals surface area (Å²) in [4.78, 5) is 11.9. The predicted octanol–water partition coefficient (Wildman–Crippen LogP) is 4.70. The maximum Gasteiger partial charge on any atom is 0.412 e. The molecule has 0 spiro atoms. The van der Waals surface area contributed by atoms with Gasteiger partial charge in [0.15, 0.2) is 0 Å². The van der Waals surface area contributed by atoms with Gasteiger partial charge >= 0.3 is 6.09 Å². The number of benzene rings is 1. The molecule has 26 heavy (non-hydrogen) atoms. The molecule has 0 saturated carbocycles. The van der Waals surface area contributed by atoms with Crippen LogP contribution in [0.5, 0.6) is 0 Å². The Bertz CT molecular complexity index is 694. The summed E-state index contributed by atoms with van der Waals surface area (Å²) < 4.78 is 48.7. The lowest BCUT2D eigenvalue weighted by molar-refractivity contribution is 0.00656. The van der Waals surface area contributed by atoms with Gasteiger partial charge in [-0.25, -0.2) is 18.0 Å². The van der Waals surface area contributed by atoms with Crippen LogP contribution in [-0.2, 0) is 10.3 Å². The number of ether oxygens (including phenoxy) is 1. The summed E-state index contributed by atoms with van der Waals surface area (Å²) in [5.41, 5.74) is -3.83. The van der Waals surface area contributed by atoms with E-state index in [2.05, 4.69) is 23.3 Å². The van der Waals surface area contributed by atoms with Gasteiger partial charge in [0, 0.05) is 17.7 Å². The highest BCUT2D eigenvalue weighted by molar-refractivity contribution is 7.81. The highest BCUT2D eigenvalue weighted by atomic mass is 32.1. The molecule has 1 aliphatic heterocycles. The number of carbonyl (C=O) groups is 1. The Labute approximate surface area is 157 Å². The molecule has 0 aromatic heterocycles. The molecule has 1 amide bonds. The summed E-state index contributed by atoms with van der Waals surface area (Å²) in [5.74, 6) is -0.666. The average Bonchev–Trinajstić information content (AvgIpc) is 2.45. The molecule has 0 aliphatic carbocycles. The Kier molecular flexibility index (Phi) is 5.59. The molecule has 1 aliphatic rings. The topological polar surface area (TPSA) is 50.4 Å². The summed E-state index contributed by atoms with van der Waals surface area (Å²) in [6.45, 7) is 7.84. The highest BCUT2D eigenvalue weighted by Crippen LogP contribution is 2.42. The second-order valence-electron chi connectivity index (χ2n) is 8.02. The zero-order valence-corrected chi connectivity index (χ0v) is 16.4. The second kappa shape index (κ2) is 6.96. The van der Waals surface area contributed by atoms with Gasteiger partial charge in [-0.05, 0) is 52.8 Å². The van der Waals surface area contributed by atoms with Crippen molar-refractivity contribution in [3.05, 3.63) is 29.6 Å². The lowest BCUT2D eigenvalue weighted by Gasteiger charge is -2.46. The maximum absolute atomic E-state index is 14.8. The van der Waals surface area contributed by atoms with Crippen molar-refractivity contribution in [1.29, 1.82) is 0 Å². The van der Waals surface area contributed by atoms with Gasteiger partial charge in [0.1, 0.15) is 23.3 Å². The molecule has 1 aromatic carbocycles. The number of anilines is 1. The average molecular weight is 390 g/mol. The van der Waals surface area contributed by atoms with E-state index < -0.39 is 46.7 Å². The van der Waals surface area contributed by atoms with E-state index in [9.17, 15) is 18.0 Å². The van der Waals surface area contributed by atoms with Crippen molar-refractivity contribution in [2.24, 2.45) is 0 Å². The third kappa shape index (κ3) is 4.46. The minimum absolute atomic E-state index is 0.0203.